The van der Waals surface area contributed by atoms with Gasteiger partial charge in [-0.25, -0.2) is 0 Å². The lowest BCUT2D eigenvalue weighted by Crippen LogP contribution is -2.42. The molecule has 1 heterocycles. The van der Waals surface area contributed by atoms with Crippen molar-refractivity contribution in [2.24, 2.45) is 11.8 Å². The third kappa shape index (κ3) is 5.56. The number of likely N-dealkylation sites (tertiary alicyclic amines) is 1. The van der Waals surface area contributed by atoms with Crippen LogP contribution in [-0.2, 0) is 16.0 Å². The number of hydrogen-bond acceptors (Lipinski definition) is 3. The second-order valence-corrected chi connectivity index (χ2v) is 7.37. The van der Waals surface area contributed by atoms with Crippen LogP contribution in [-0.4, -0.2) is 49.4 Å². The highest BCUT2D eigenvalue weighted by molar-refractivity contribution is 5.79. The average Bonchev–Trinajstić information content (AvgIpc) is 2.97. The topological polar surface area (TPSA) is 61.4 Å². The number of benzene rings is 1. The predicted molar refractivity (Wildman–Crippen MR) is 100 cm³/mol. The molecule has 25 heavy (non-hydrogen) atoms. The van der Waals surface area contributed by atoms with Crippen molar-refractivity contribution in [3.05, 3.63) is 35.4 Å². The van der Waals surface area contributed by atoms with Crippen LogP contribution in [0.5, 0.6) is 0 Å². The normalized spacial score (nSPS) is 20.7. The molecule has 0 bridgehead atoms. The molecule has 2 N–H and O–H groups in total. The Balaban J connectivity index is 1.93. The molecule has 5 nitrogen and oxygen atoms in total. The van der Waals surface area contributed by atoms with Gasteiger partial charge in [-0.15, -0.1) is 0 Å². The summed E-state index contributed by atoms with van der Waals surface area (Å²) in [4.78, 5) is 26.3. The number of hydrogen-bond donors (Lipinski definition) is 2. The Morgan fingerprint density at radius 1 is 1.20 bits per heavy atom. The van der Waals surface area contributed by atoms with E-state index in [0.717, 1.165) is 30.8 Å². The molecule has 5 heteroatoms. The highest BCUT2D eigenvalue weighted by atomic mass is 16.2. The lowest BCUT2D eigenvalue weighted by Gasteiger charge is -2.23. The zero-order valence-electron chi connectivity index (χ0n) is 15.8. The smallest absolute Gasteiger partial charge is 0.224 e. The van der Waals surface area contributed by atoms with Crippen molar-refractivity contribution in [1.29, 1.82) is 0 Å². The first-order chi connectivity index (χ1) is 11.9. The van der Waals surface area contributed by atoms with Crippen LogP contribution in [0.2, 0.25) is 0 Å². The molecule has 138 valence electrons. The second-order valence-electron chi connectivity index (χ2n) is 7.37. The van der Waals surface area contributed by atoms with Gasteiger partial charge in [0, 0.05) is 39.1 Å². The molecule has 0 aromatic heterocycles. The Bertz CT molecular complexity index is 600. The van der Waals surface area contributed by atoms with Crippen LogP contribution in [0.15, 0.2) is 24.3 Å². The van der Waals surface area contributed by atoms with Gasteiger partial charge in [-0.1, -0.05) is 38.1 Å². The van der Waals surface area contributed by atoms with Crippen molar-refractivity contribution in [1.82, 2.24) is 15.5 Å². The molecule has 2 rings (SSSR count). The number of aryl methyl sites for hydroxylation is 1. The lowest BCUT2D eigenvalue weighted by atomic mass is 9.91. The van der Waals surface area contributed by atoms with Crippen LogP contribution >= 0.6 is 0 Å². The molecule has 1 fully saturated rings. The van der Waals surface area contributed by atoms with Crippen LogP contribution < -0.4 is 10.6 Å². The summed E-state index contributed by atoms with van der Waals surface area (Å²) in [6.45, 7) is 8.94. The highest BCUT2D eigenvalue weighted by Crippen LogP contribution is 2.24. The predicted octanol–water partition coefficient (Wildman–Crippen LogP) is 1.75. The maximum Gasteiger partial charge on any atom is 0.224 e. The third-order valence-corrected chi connectivity index (χ3v) is 5.19. The summed E-state index contributed by atoms with van der Waals surface area (Å²) in [5.41, 5.74) is 2.23. The van der Waals surface area contributed by atoms with Gasteiger partial charge in [-0.05, 0) is 29.9 Å². The molecule has 1 saturated heterocycles. The maximum absolute atomic E-state index is 12.5. The van der Waals surface area contributed by atoms with Gasteiger partial charge in [-0.2, -0.15) is 0 Å². The minimum atomic E-state index is 0.0631. The lowest BCUT2D eigenvalue weighted by molar-refractivity contribution is -0.122. The van der Waals surface area contributed by atoms with Gasteiger partial charge in [0.25, 0.3) is 0 Å². The molecular weight excluding hydrogens is 314 g/mol. The van der Waals surface area contributed by atoms with Gasteiger partial charge in [0.2, 0.25) is 11.8 Å². The number of carbonyl (C=O) groups is 2. The van der Waals surface area contributed by atoms with Crippen LogP contribution in [0.3, 0.4) is 0 Å². The molecule has 2 atom stereocenters. The Labute approximate surface area is 151 Å². The molecule has 0 aliphatic carbocycles. The molecule has 1 aromatic carbocycles. The minimum Gasteiger partial charge on any atom is -0.359 e. The molecule has 0 spiro atoms. The standard InChI is InChI=1S/C20H31N3O2/c1-14(2)17-12-23(10-9-19(24)21-4)13-18(17)22-20(25)11-16-8-6-5-7-15(16)3/h5-8,14,17-18H,9-13H2,1-4H3,(H,21,24)(H,22,25). The fourth-order valence-corrected chi connectivity index (χ4v) is 3.55. The van der Waals surface area contributed by atoms with E-state index in [1.165, 1.54) is 0 Å². The summed E-state index contributed by atoms with van der Waals surface area (Å²) in [6, 6.07) is 8.17. The largest absolute Gasteiger partial charge is 0.359 e. The summed E-state index contributed by atoms with van der Waals surface area (Å²) < 4.78 is 0. The molecule has 0 saturated carbocycles. The molecule has 2 amide bonds. The Hall–Kier alpha value is -1.88. The van der Waals surface area contributed by atoms with Crippen molar-refractivity contribution >= 4 is 11.8 Å². The SMILES string of the molecule is CNC(=O)CCN1CC(NC(=O)Cc2ccccc2C)C(C(C)C)C1. The summed E-state index contributed by atoms with van der Waals surface area (Å²) in [6.07, 6.45) is 0.928. The number of nitrogens with one attached hydrogen (secondary N) is 2. The van der Waals surface area contributed by atoms with Gasteiger partial charge in [0.05, 0.1) is 6.42 Å². The Morgan fingerprint density at radius 2 is 1.92 bits per heavy atom. The van der Waals surface area contributed by atoms with Crippen LogP contribution in [0, 0.1) is 18.8 Å². The Kier molecular flexibility index (Phi) is 7.00. The van der Waals surface area contributed by atoms with E-state index in [2.05, 4.69) is 29.4 Å². The van der Waals surface area contributed by atoms with E-state index in [0.29, 0.717) is 24.7 Å². The number of rotatable bonds is 7. The van der Waals surface area contributed by atoms with Gasteiger partial charge < -0.3 is 15.5 Å². The molecule has 1 aromatic rings. The first kappa shape index (κ1) is 19.4. The van der Waals surface area contributed by atoms with E-state index >= 15 is 0 Å². The van der Waals surface area contributed by atoms with Crippen LogP contribution in [0.1, 0.15) is 31.4 Å². The summed E-state index contributed by atoms with van der Waals surface area (Å²) in [7, 11) is 1.66. The quantitative estimate of drug-likeness (QED) is 0.791. The second kappa shape index (κ2) is 8.99. The van der Waals surface area contributed by atoms with Gasteiger partial charge in [-0.3, -0.25) is 9.59 Å². The monoisotopic (exact) mass is 345 g/mol. The van der Waals surface area contributed by atoms with E-state index in [4.69, 9.17) is 0 Å². The number of amides is 2. The maximum atomic E-state index is 12.5. The zero-order valence-corrected chi connectivity index (χ0v) is 15.8. The number of nitrogens with zero attached hydrogens (tertiary/aromatic N) is 1. The van der Waals surface area contributed by atoms with Crippen molar-refractivity contribution in [2.45, 2.75) is 39.7 Å². The minimum absolute atomic E-state index is 0.0631. The molecule has 2 unspecified atom stereocenters. The Morgan fingerprint density at radius 3 is 2.56 bits per heavy atom. The van der Waals surface area contributed by atoms with E-state index in [-0.39, 0.29) is 17.9 Å². The van der Waals surface area contributed by atoms with Crippen molar-refractivity contribution < 1.29 is 9.59 Å². The number of carbonyl (C=O) groups excluding carboxylic acids is 2. The van der Waals surface area contributed by atoms with Gasteiger partial charge in [0.1, 0.15) is 0 Å². The van der Waals surface area contributed by atoms with Gasteiger partial charge in [0.15, 0.2) is 0 Å². The van der Waals surface area contributed by atoms with E-state index < -0.39 is 0 Å². The van der Waals surface area contributed by atoms with Crippen molar-refractivity contribution in [2.75, 3.05) is 26.7 Å². The van der Waals surface area contributed by atoms with Crippen molar-refractivity contribution in [3.8, 4) is 0 Å². The van der Waals surface area contributed by atoms with Crippen LogP contribution in [0.4, 0.5) is 0 Å². The molecule has 1 aliphatic heterocycles. The summed E-state index contributed by atoms with van der Waals surface area (Å²) >= 11 is 0. The van der Waals surface area contributed by atoms with Crippen LogP contribution in [0.25, 0.3) is 0 Å². The fraction of sp³-hybridized carbons (Fsp3) is 0.600. The fourth-order valence-electron chi connectivity index (χ4n) is 3.55. The molecule has 1 aliphatic rings. The average molecular weight is 345 g/mol. The zero-order chi connectivity index (χ0) is 18.4. The molecular formula is C20H31N3O2. The first-order valence-corrected chi connectivity index (χ1v) is 9.17. The first-order valence-electron chi connectivity index (χ1n) is 9.17. The van der Waals surface area contributed by atoms with E-state index in [1.807, 2.05) is 31.2 Å². The van der Waals surface area contributed by atoms with E-state index in [1.54, 1.807) is 7.05 Å². The summed E-state index contributed by atoms with van der Waals surface area (Å²) in [5, 5.41) is 5.90. The molecule has 0 radical (unpaired) electrons. The van der Waals surface area contributed by atoms with Gasteiger partial charge >= 0.3 is 0 Å². The van der Waals surface area contributed by atoms with Crippen molar-refractivity contribution in [3.63, 3.8) is 0 Å². The highest BCUT2D eigenvalue weighted by Gasteiger charge is 2.35. The summed E-state index contributed by atoms with van der Waals surface area (Å²) in [5.74, 6) is 1.06. The third-order valence-electron chi connectivity index (χ3n) is 5.19. The van der Waals surface area contributed by atoms with E-state index in [9.17, 15) is 9.59 Å².